The number of aliphatic carboxylic acids is 1. The highest BCUT2D eigenvalue weighted by atomic mass is 35.5. The van der Waals surface area contributed by atoms with Gasteiger partial charge in [-0.3, -0.25) is 9.36 Å². The van der Waals surface area contributed by atoms with Crippen LogP contribution in [0.25, 0.3) is 0 Å². The van der Waals surface area contributed by atoms with Gasteiger partial charge in [0, 0.05) is 24.8 Å². The Morgan fingerprint density at radius 1 is 1.50 bits per heavy atom. The van der Waals surface area contributed by atoms with Gasteiger partial charge in [0.1, 0.15) is 6.04 Å². The molecule has 6 nitrogen and oxygen atoms in total. The van der Waals surface area contributed by atoms with Crippen LogP contribution in [-0.2, 0) is 13.9 Å². The minimum atomic E-state index is -3.29. The summed E-state index contributed by atoms with van der Waals surface area (Å²) in [4.78, 5) is 10.7. The second-order valence-corrected chi connectivity index (χ2v) is 6.05. The number of nitrogens with one attached hydrogen (secondary N) is 1. The van der Waals surface area contributed by atoms with Crippen LogP contribution < -0.4 is 5.09 Å². The Kier molecular flexibility index (Phi) is 5.50. The van der Waals surface area contributed by atoms with Gasteiger partial charge in [0.25, 0.3) is 0 Å². The number of alkyl halides is 2. The van der Waals surface area contributed by atoms with Crippen molar-refractivity contribution < 1.29 is 19.0 Å². The van der Waals surface area contributed by atoms with Gasteiger partial charge in [-0.05, 0) is 0 Å². The van der Waals surface area contributed by atoms with Crippen LogP contribution in [0.2, 0.25) is 0 Å². The first-order valence-corrected chi connectivity index (χ1v) is 7.30. The zero-order chi connectivity index (χ0) is 12.2. The fourth-order valence-electron chi connectivity index (χ4n) is 1.31. The van der Waals surface area contributed by atoms with Crippen LogP contribution in [0, 0.1) is 0 Å². The molecule has 1 rings (SSSR count). The van der Waals surface area contributed by atoms with Crippen LogP contribution in [0.4, 0.5) is 0 Å². The number of carboxylic acid groups (broad SMARTS) is 1. The molecule has 0 spiro atoms. The minimum absolute atomic E-state index is 0.117. The lowest BCUT2D eigenvalue weighted by atomic mass is 10.3. The van der Waals surface area contributed by atoms with Crippen LogP contribution in [0.5, 0.6) is 0 Å². The largest absolute Gasteiger partial charge is 0.480 e. The molecule has 94 valence electrons. The molecule has 1 fully saturated rings. The number of rotatable bonds is 6. The lowest BCUT2D eigenvalue weighted by molar-refractivity contribution is -0.139. The van der Waals surface area contributed by atoms with Crippen LogP contribution in [0.3, 0.4) is 0 Å². The summed E-state index contributed by atoms with van der Waals surface area (Å²) in [6.07, 6.45) is 0. The standard InChI is InChI=1S/C7H13Cl2N2O4P/c8-1-3-11(4-2-9)16(14)10-6(5-15-16)7(12)13/h6H,1-5H2,(H,10,14)(H,12,13)/t6-,16+/m1/s1. The molecule has 2 atom stereocenters. The molecule has 0 amide bonds. The molecule has 0 bridgehead atoms. The Balaban J connectivity index is 2.69. The van der Waals surface area contributed by atoms with Crippen molar-refractivity contribution in [2.24, 2.45) is 0 Å². The van der Waals surface area contributed by atoms with Crippen molar-refractivity contribution in [3.05, 3.63) is 0 Å². The predicted molar refractivity (Wildman–Crippen MR) is 61.1 cm³/mol. The van der Waals surface area contributed by atoms with E-state index in [1.165, 1.54) is 4.67 Å². The maximum Gasteiger partial charge on any atom is 0.344 e. The molecule has 0 aromatic rings. The number of carboxylic acids is 1. The topological polar surface area (TPSA) is 78.9 Å². The zero-order valence-corrected chi connectivity index (χ0v) is 10.8. The van der Waals surface area contributed by atoms with Gasteiger partial charge >= 0.3 is 13.6 Å². The third-order valence-corrected chi connectivity index (χ3v) is 4.71. The van der Waals surface area contributed by atoms with E-state index >= 15 is 0 Å². The lowest BCUT2D eigenvalue weighted by Crippen LogP contribution is -2.35. The number of hydrogen-bond acceptors (Lipinski definition) is 3. The quantitative estimate of drug-likeness (QED) is 0.560. The second-order valence-electron chi connectivity index (χ2n) is 3.17. The molecule has 1 aliphatic rings. The monoisotopic (exact) mass is 290 g/mol. The molecular weight excluding hydrogens is 278 g/mol. The summed E-state index contributed by atoms with van der Waals surface area (Å²) in [6.45, 7) is 0.531. The van der Waals surface area contributed by atoms with Crippen molar-refractivity contribution in [2.45, 2.75) is 6.04 Å². The molecule has 1 saturated heterocycles. The average Bonchev–Trinajstić information content (AvgIpc) is 2.62. The molecule has 0 unspecified atom stereocenters. The van der Waals surface area contributed by atoms with E-state index in [4.69, 9.17) is 32.8 Å². The van der Waals surface area contributed by atoms with Gasteiger partial charge in [0.05, 0.1) is 6.61 Å². The Labute approximate surface area is 103 Å². The molecule has 16 heavy (non-hydrogen) atoms. The fraction of sp³-hybridized carbons (Fsp3) is 0.857. The summed E-state index contributed by atoms with van der Waals surface area (Å²) in [7, 11) is -3.29. The molecule has 0 aliphatic carbocycles. The van der Waals surface area contributed by atoms with Crippen LogP contribution in [0.1, 0.15) is 0 Å². The zero-order valence-electron chi connectivity index (χ0n) is 8.44. The van der Waals surface area contributed by atoms with E-state index in [2.05, 4.69) is 5.09 Å². The van der Waals surface area contributed by atoms with Crippen LogP contribution >= 0.6 is 30.9 Å². The van der Waals surface area contributed by atoms with Crippen molar-refractivity contribution in [1.29, 1.82) is 0 Å². The van der Waals surface area contributed by atoms with Gasteiger partial charge in [0.2, 0.25) is 0 Å². The summed E-state index contributed by atoms with van der Waals surface area (Å²) < 4.78 is 18.7. The summed E-state index contributed by atoms with van der Waals surface area (Å²) >= 11 is 11.1. The second kappa shape index (κ2) is 6.19. The van der Waals surface area contributed by atoms with E-state index in [0.29, 0.717) is 13.1 Å². The van der Waals surface area contributed by atoms with Crippen molar-refractivity contribution in [3.8, 4) is 0 Å². The van der Waals surface area contributed by atoms with E-state index in [-0.39, 0.29) is 18.4 Å². The third-order valence-electron chi connectivity index (χ3n) is 2.09. The molecule has 9 heteroatoms. The first-order valence-electron chi connectivity index (χ1n) is 4.66. The molecule has 0 aromatic carbocycles. The highest BCUT2D eigenvalue weighted by Crippen LogP contribution is 2.50. The number of hydrogen-bond donors (Lipinski definition) is 2. The van der Waals surface area contributed by atoms with Gasteiger partial charge in [-0.15, -0.1) is 23.2 Å². The van der Waals surface area contributed by atoms with Gasteiger partial charge in [0.15, 0.2) is 0 Å². The first kappa shape index (κ1) is 14.2. The molecule has 1 heterocycles. The lowest BCUT2D eigenvalue weighted by Gasteiger charge is -2.25. The normalized spacial score (nSPS) is 29.8. The van der Waals surface area contributed by atoms with E-state index in [9.17, 15) is 9.36 Å². The summed E-state index contributed by atoms with van der Waals surface area (Å²) in [5.74, 6) is -0.553. The molecule has 0 aromatic heterocycles. The van der Waals surface area contributed by atoms with Crippen LogP contribution in [-0.4, -0.2) is 53.2 Å². The minimum Gasteiger partial charge on any atom is -0.480 e. The highest BCUT2D eigenvalue weighted by Gasteiger charge is 2.42. The number of halogens is 2. The van der Waals surface area contributed by atoms with Crippen molar-refractivity contribution in [1.82, 2.24) is 9.76 Å². The molecule has 0 saturated carbocycles. The molecule has 0 radical (unpaired) electrons. The third kappa shape index (κ3) is 3.32. The average molecular weight is 291 g/mol. The fourth-order valence-corrected chi connectivity index (χ4v) is 4.01. The van der Waals surface area contributed by atoms with E-state index < -0.39 is 19.7 Å². The smallest absolute Gasteiger partial charge is 0.344 e. The molecule has 1 aliphatic heterocycles. The summed E-state index contributed by atoms with van der Waals surface area (Å²) in [5.41, 5.74) is 0. The van der Waals surface area contributed by atoms with E-state index in [0.717, 1.165) is 0 Å². The molecular formula is C7H13Cl2N2O4P. The van der Waals surface area contributed by atoms with Gasteiger partial charge < -0.3 is 9.63 Å². The Bertz CT molecular complexity index is 298. The van der Waals surface area contributed by atoms with Gasteiger partial charge in [-0.1, -0.05) is 0 Å². The van der Waals surface area contributed by atoms with E-state index in [1.807, 2.05) is 0 Å². The maximum absolute atomic E-state index is 12.2. The highest BCUT2D eigenvalue weighted by molar-refractivity contribution is 7.54. The van der Waals surface area contributed by atoms with Crippen LogP contribution in [0.15, 0.2) is 0 Å². The van der Waals surface area contributed by atoms with Crippen molar-refractivity contribution in [2.75, 3.05) is 31.5 Å². The Morgan fingerprint density at radius 2 is 2.06 bits per heavy atom. The predicted octanol–water partition coefficient (Wildman–Crippen LogP) is 0.947. The first-order chi connectivity index (χ1) is 7.53. The number of carbonyl (C=O) groups is 1. The molecule has 2 N–H and O–H groups in total. The van der Waals surface area contributed by atoms with Crippen molar-refractivity contribution in [3.63, 3.8) is 0 Å². The van der Waals surface area contributed by atoms with Gasteiger partial charge in [-0.2, -0.15) is 0 Å². The SMILES string of the molecule is O=C(O)[C@H]1CO[P@](=O)(N(CCCl)CCCl)N1. The summed E-state index contributed by atoms with van der Waals surface area (Å²) in [5, 5.41) is 11.2. The number of nitrogens with zero attached hydrogens (tertiary/aromatic N) is 1. The van der Waals surface area contributed by atoms with Gasteiger partial charge in [-0.25, -0.2) is 9.76 Å². The Morgan fingerprint density at radius 3 is 2.44 bits per heavy atom. The Hall–Kier alpha value is 0.160. The maximum atomic E-state index is 12.2. The van der Waals surface area contributed by atoms with Crippen molar-refractivity contribution >= 4 is 36.8 Å². The summed E-state index contributed by atoms with van der Waals surface area (Å²) in [6, 6.07) is -0.945. The van der Waals surface area contributed by atoms with E-state index in [1.54, 1.807) is 0 Å².